The first-order valence-corrected chi connectivity index (χ1v) is 15.1. The first-order valence-electron chi connectivity index (χ1n) is 15.1. The second-order valence-corrected chi connectivity index (χ2v) is 10.9. The Balaban J connectivity index is 1.69. The summed E-state index contributed by atoms with van der Waals surface area (Å²) in [6.07, 6.45) is 12.0. The van der Waals surface area contributed by atoms with E-state index in [1.165, 1.54) is 6.42 Å². The molecule has 4 N–H and O–H groups in total. The van der Waals surface area contributed by atoms with E-state index >= 15 is 0 Å². The lowest BCUT2D eigenvalue weighted by atomic mass is 9.79. The predicted molar refractivity (Wildman–Crippen MR) is 158 cm³/mol. The van der Waals surface area contributed by atoms with Crippen molar-refractivity contribution in [2.45, 2.75) is 89.6 Å². The molecule has 11 nitrogen and oxygen atoms in total. The van der Waals surface area contributed by atoms with Crippen LogP contribution in [0.15, 0.2) is 48.8 Å². The molecule has 2 aromatic heterocycles. The molecule has 11 heteroatoms. The van der Waals surface area contributed by atoms with Crippen LogP contribution >= 0.6 is 0 Å². The van der Waals surface area contributed by atoms with Gasteiger partial charge in [-0.25, -0.2) is 10.0 Å². The molecule has 0 aromatic carbocycles. The number of hydrogen-bond donors (Lipinski definition) is 4. The van der Waals surface area contributed by atoms with Gasteiger partial charge in [-0.05, 0) is 62.3 Å². The molecule has 0 bridgehead atoms. The second-order valence-electron chi connectivity index (χ2n) is 10.9. The van der Waals surface area contributed by atoms with E-state index < -0.39 is 23.9 Å². The molecule has 0 saturated heterocycles. The SMILES string of the molecule is CCC[C@@H]([C@@H](CC1CCCCC1)C(=O)N[C@@H](CCCCNC(=O)c1ccccn1)C(=O)Nc1ccccn1)N(O)C=O. The molecule has 42 heavy (non-hydrogen) atoms. The molecular formula is C31H44N6O5. The lowest BCUT2D eigenvalue weighted by Crippen LogP contribution is -2.51. The number of carbonyl (C=O) groups excluding carboxylic acids is 4. The minimum absolute atomic E-state index is 0.274. The zero-order chi connectivity index (χ0) is 30.2. The van der Waals surface area contributed by atoms with Crippen molar-refractivity contribution in [1.29, 1.82) is 0 Å². The third kappa shape index (κ3) is 10.5. The average molecular weight is 581 g/mol. The lowest BCUT2D eigenvalue weighted by molar-refractivity contribution is -0.170. The van der Waals surface area contributed by atoms with Gasteiger partial charge in [-0.3, -0.25) is 29.4 Å². The number of rotatable bonds is 17. The van der Waals surface area contributed by atoms with Gasteiger partial charge in [-0.15, -0.1) is 0 Å². The smallest absolute Gasteiger partial charge is 0.269 e. The van der Waals surface area contributed by atoms with Crippen molar-refractivity contribution in [3.05, 3.63) is 54.5 Å². The second kappa shape index (κ2) is 17.8. The molecule has 0 aliphatic heterocycles. The fourth-order valence-corrected chi connectivity index (χ4v) is 5.57. The zero-order valence-electron chi connectivity index (χ0n) is 24.4. The third-order valence-electron chi connectivity index (χ3n) is 7.80. The fourth-order valence-electron chi connectivity index (χ4n) is 5.57. The quantitative estimate of drug-likeness (QED) is 0.0951. The number of nitrogens with one attached hydrogen (secondary N) is 3. The first-order chi connectivity index (χ1) is 20.4. The molecule has 1 saturated carbocycles. The average Bonchev–Trinajstić information content (AvgIpc) is 3.02. The molecule has 0 spiro atoms. The Labute approximate surface area is 247 Å². The predicted octanol–water partition coefficient (Wildman–Crippen LogP) is 4.10. The summed E-state index contributed by atoms with van der Waals surface area (Å²) in [6.45, 7) is 2.33. The van der Waals surface area contributed by atoms with Crippen molar-refractivity contribution in [1.82, 2.24) is 25.7 Å². The maximum Gasteiger partial charge on any atom is 0.269 e. The highest BCUT2D eigenvalue weighted by Gasteiger charge is 2.36. The summed E-state index contributed by atoms with van der Waals surface area (Å²) in [5.74, 6) is -1.01. The fraction of sp³-hybridized carbons (Fsp3) is 0.548. The van der Waals surface area contributed by atoms with E-state index in [0.29, 0.717) is 74.0 Å². The Morgan fingerprint density at radius 1 is 1.00 bits per heavy atom. The van der Waals surface area contributed by atoms with Gasteiger partial charge in [-0.2, -0.15) is 0 Å². The normalized spacial score (nSPS) is 15.6. The minimum atomic E-state index is -0.870. The number of anilines is 1. The van der Waals surface area contributed by atoms with Crippen LogP contribution in [0.2, 0.25) is 0 Å². The number of carbonyl (C=O) groups is 4. The number of amides is 4. The van der Waals surface area contributed by atoms with Gasteiger partial charge in [0.15, 0.2) is 0 Å². The monoisotopic (exact) mass is 580 g/mol. The molecule has 0 unspecified atom stereocenters. The summed E-state index contributed by atoms with van der Waals surface area (Å²) in [7, 11) is 0. The van der Waals surface area contributed by atoms with Crippen molar-refractivity contribution >= 4 is 29.9 Å². The Morgan fingerprint density at radius 2 is 1.74 bits per heavy atom. The van der Waals surface area contributed by atoms with Gasteiger partial charge in [0.25, 0.3) is 5.91 Å². The van der Waals surface area contributed by atoms with Gasteiger partial charge in [0.2, 0.25) is 18.2 Å². The van der Waals surface area contributed by atoms with E-state index in [9.17, 15) is 24.4 Å². The van der Waals surface area contributed by atoms with Crippen LogP contribution < -0.4 is 16.0 Å². The van der Waals surface area contributed by atoms with Gasteiger partial charge in [-0.1, -0.05) is 57.6 Å². The number of pyridine rings is 2. The van der Waals surface area contributed by atoms with Gasteiger partial charge in [0, 0.05) is 18.9 Å². The number of nitrogens with zero attached hydrogens (tertiary/aromatic N) is 3. The van der Waals surface area contributed by atoms with Crippen LogP contribution in [0, 0.1) is 11.8 Å². The van der Waals surface area contributed by atoms with Crippen LogP contribution in [0.4, 0.5) is 5.82 Å². The highest BCUT2D eigenvalue weighted by Crippen LogP contribution is 2.32. The molecule has 3 rings (SSSR count). The van der Waals surface area contributed by atoms with Crippen molar-refractivity contribution in [2.75, 3.05) is 11.9 Å². The summed E-state index contributed by atoms with van der Waals surface area (Å²) < 4.78 is 0. The minimum Gasteiger partial charge on any atom is -0.351 e. The standard InChI is InChI=1S/C31H44N6O5/c1-2-12-27(37(42)22-38)24(21-23-13-4-3-5-14-23)29(39)35-26(31(41)36-28-17-8-11-19-33-28)16-7-10-20-34-30(40)25-15-6-9-18-32-25/h6,8-9,11,15,17-19,22-24,26-27,42H,2-5,7,10,12-14,16,20-21H2,1H3,(H,34,40)(H,35,39)(H,33,36,41)/t24-,26+,27+/m1/s1. The Morgan fingerprint density at radius 3 is 2.38 bits per heavy atom. The zero-order valence-corrected chi connectivity index (χ0v) is 24.4. The summed E-state index contributed by atoms with van der Waals surface area (Å²) in [5, 5.41) is 19.6. The molecule has 1 aliphatic rings. The highest BCUT2D eigenvalue weighted by molar-refractivity contribution is 5.97. The van der Waals surface area contributed by atoms with E-state index in [1.54, 1.807) is 48.8 Å². The topological polar surface area (TPSA) is 154 Å². The molecule has 4 amide bonds. The maximum atomic E-state index is 13.8. The number of aromatic nitrogens is 2. The van der Waals surface area contributed by atoms with Gasteiger partial charge >= 0.3 is 0 Å². The molecule has 1 fully saturated rings. The van der Waals surface area contributed by atoms with E-state index in [4.69, 9.17) is 0 Å². The first kappa shape index (κ1) is 32.7. The summed E-state index contributed by atoms with van der Waals surface area (Å²) in [4.78, 5) is 59.2. The van der Waals surface area contributed by atoms with Crippen molar-refractivity contribution in [2.24, 2.45) is 11.8 Å². The molecule has 2 aromatic rings. The molecule has 3 atom stereocenters. The number of hydroxylamine groups is 2. The van der Waals surface area contributed by atoms with E-state index in [2.05, 4.69) is 25.9 Å². The third-order valence-corrected chi connectivity index (χ3v) is 7.80. The Kier molecular flexibility index (Phi) is 13.9. The highest BCUT2D eigenvalue weighted by atomic mass is 16.5. The molecule has 0 radical (unpaired) electrons. The van der Waals surface area contributed by atoms with E-state index in [0.717, 1.165) is 25.7 Å². The summed E-state index contributed by atoms with van der Waals surface area (Å²) >= 11 is 0. The van der Waals surface area contributed by atoms with E-state index in [-0.39, 0.29) is 11.8 Å². The van der Waals surface area contributed by atoms with Gasteiger partial charge in [0.05, 0.1) is 12.0 Å². The van der Waals surface area contributed by atoms with Crippen LogP contribution in [-0.4, -0.2) is 63.0 Å². The van der Waals surface area contributed by atoms with Crippen LogP contribution in [-0.2, 0) is 14.4 Å². The molecule has 1 aliphatic carbocycles. The number of hydrogen-bond acceptors (Lipinski definition) is 7. The van der Waals surface area contributed by atoms with Gasteiger partial charge in [0.1, 0.15) is 17.6 Å². The van der Waals surface area contributed by atoms with Crippen molar-refractivity contribution < 1.29 is 24.4 Å². The number of unbranched alkanes of at least 4 members (excludes halogenated alkanes) is 1. The molecular weight excluding hydrogens is 536 g/mol. The molecule has 228 valence electrons. The van der Waals surface area contributed by atoms with Crippen molar-refractivity contribution in [3.8, 4) is 0 Å². The van der Waals surface area contributed by atoms with Crippen molar-refractivity contribution in [3.63, 3.8) is 0 Å². The Hall–Kier alpha value is -3.86. The van der Waals surface area contributed by atoms with Crippen LogP contribution in [0.1, 0.15) is 88.0 Å². The summed E-state index contributed by atoms with van der Waals surface area (Å²) in [5.41, 5.74) is 0.330. The maximum absolute atomic E-state index is 13.8. The lowest BCUT2D eigenvalue weighted by Gasteiger charge is -2.34. The molecule has 2 heterocycles. The van der Waals surface area contributed by atoms with Crippen LogP contribution in [0.25, 0.3) is 0 Å². The largest absolute Gasteiger partial charge is 0.351 e. The van der Waals surface area contributed by atoms with Crippen LogP contribution in [0.3, 0.4) is 0 Å². The summed E-state index contributed by atoms with van der Waals surface area (Å²) in [6, 6.07) is 8.73. The van der Waals surface area contributed by atoms with Gasteiger partial charge < -0.3 is 16.0 Å². The Bertz CT molecular complexity index is 1110. The van der Waals surface area contributed by atoms with E-state index in [1.807, 2.05) is 6.92 Å². The van der Waals surface area contributed by atoms with Crippen LogP contribution in [0.5, 0.6) is 0 Å².